The minimum absolute atomic E-state index is 0.0974. The molecule has 2 atom stereocenters. The van der Waals surface area contributed by atoms with E-state index in [1.807, 2.05) is 37.3 Å². The van der Waals surface area contributed by atoms with Gasteiger partial charge in [0.1, 0.15) is 6.04 Å². The van der Waals surface area contributed by atoms with Crippen LogP contribution in [0.1, 0.15) is 44.7 Å². The van der Waals surface area contributed by atoms with Gasteiger partial charge < -0.3 is 11.1 Å². The molecule has 1 amide bonds. The molecular formula is C14H22N2O. The Balaban J connectivity index is 2.47. The van der Waals surface area contributed by atoms with Gasteiger partial charge in [-0.05, 0) is 18.9 Å². The summed E-state index contributed by atoms with van der Waals surface area (Å²) in [5.41, 5.74) is 6.76. The molecule has 3 heteroatoms. The van der Waals surface area contributed by atoms with Gasteiger partial charge in [-0.2, -0.15) is 0 Å². The van der Waals surface area contributed by atoms with E-state index in [0.717, 1.165) is 24.8 Å². The van der Waals surface area contributed by atoms with Crippen molar-refractivity contribution in [2.45, 2.75) is 45.2 Å². The second-order valence-corrected chi connectivity index (χ2v) is 4.44. The van der Waals surface area contributed by atoms with Crippen molar-refractivity contribution in [3.05, 3.63) is 35.9 Å². The zero-order chi connectivity index (χ0) is 12.7. The van der Waals surface area contributed by atoms with E-state index >= 15 is 0 Å². The Hall–Kier alpha value is -1.35. The lowest BCUT2D eigenvalue weighted by molar-refractivity contribution is -0.123. The molecule has 0 saturated heterocycles. The zero-order valence-corrected chi connectivity index (χ0v) is 10.6. The maximum absolute atomic E-state index is 11.9. The van der Waals surface area contributed by atoms with E-state index in [-0.39, 0.29) is 11.9 Å². The molecule has 0 saturated carbocycles. The highest BCUT2D eigenvalue weighted by molar-refractivity contribution is 5.83. The summed E-state index contributed by atoms with van der Waals surface area (Å²) < 4.78 is 0. The van der Waals surface area contributed by atoms with Gasteiger partial charge in [-0.3, -0.25) is 4.79 Å². The molecule has 0 heterocycles. The van der Waals surface area contributed by atoms with Crippen molar-refractivity contribution >= 4 is 5.91 Å². The number of nitrogens with two attached hydrogens (primary N) is 1. The lowest BCUT2D eigenvalue weighted by Gasteiger charge is -2.17. The summed E-state index contributed by atoms with van der Waals surface area (Å²) in [5.74, 6) is -0.0974. The summed E-state index contributed by atoms with van der Waals surface area (Å²) in [4.78, 5) is 11.9. The monoisotopic (exact) mass is 234 g/mol. The van der Waals surface area contributed by atoms with Crippen molar-refractivity contribution in [2.75, 3.05) is 0 Å². The van der Waals surface area contributed by atoms with Crippen molar-refractivity contribution < 1.29 is 4.79 Å². The Morgan fingerprint density at radius 2 is 2.00 bits per heavy atom. The number of hydrogen-bond acceptors (Lipinski definition) is 2. The van der Waals surface area contributed by atoms with Crippen molar-refractivity contribution in [2.24, 2.45) is 5.73 Å². The van der Waals surface area contributed by atoms with Gasteiger partial charge in [0.2, 0.25) is 5.91 Å². The first kappa shape index (κ1) is 13.7. The van der Waals surface area contributed by atoms with Crippen LogP contribution >= 0.6 is 0 Å². The van der Waals surface area contributed by atoms with E-state index in [1.165, 1.54) is 0 Å². The first-order valence-corrected chi connectivity index (χ1v) is 6.26. The Bertz CT molecular complexity index is 337. The molecule has 0 aromatic heterocycles. The van der Waals surface area contributed by atoms with E-state index in [2.05, 4.69) is 12.2 Å². The fourth-order valence-electron chi connectivity index (χ4n) is 1.73. The van der Waals surface area contributed by atoms with Crippen LogP contribution in [-0.2, 0) is 4.79 Å². The van der Waals surface area contributed by atoms with Crippen LogP contribution < -0.4 is 11.1 Å². The van der Waals surface area contributed by atoms with E-state index in [4.69, 9.17) is 5.73 Å². The molecule has 0 aliphatic carbocycles. The fourth-order valence-corrected chi connectivity index (χ4v) is 1.73. The second kappa shape index (κ2) is 7.07. The first-order chi connectivity index (χ1) is 8.15. The van der Waals surface area contributed by atoms with Crippen LogP contribution in [0.5, 0.6) is 0 Å². The largest absolute Gasteiger partial charge is 0.352 e. The van der Waals surface area contributed by atoms with Crippen LogP contribution in [0.3, 0.4) is 0 Å². The maximum Gasteiger partial charge on any atom is 0.241 e. The number of amides is 1. The van der Waals surface area contributed by atoms with Crippen LogP contribution in [0.25, 0.3) is 0 Å². The van der Waals surface area contributed by atoms with Crippen molar-refractivity contribution in [3.8, 4) is 0 Å². The molecule has 94 valence electrons. The molecule has 3 N–H and O–H groups in total. The van der Waals surface area contributed by atoms with Crippen LogP contribution in [0.15, 0.2) is 30.3 Å². The highest BCUT2D eigenvalue weighted by Crippen LogP contribution is 2.10. The minimum atomic E-state index is -0.569. The third kappa shape index (κ3) is 4.57. The van der Waals surface area contributed by atoms with Crippen molar-refractivity contribution in [3.63, 3.8) is 0 Å². The number of nitrogens with one attached hydrogen (secondary N) is 1. The quantitative estimate of drug-likeness (QED) is 0.794. The summed E-state index contributed by atoms with van der Waals surface area (Å²) in [7, 11) is 0. The van der Waals surface area contributed by atoms with E-state index in [9.17, 15) is 4.79 Å². The zero-order valence-electron chi connectivity index (χ0n) is 10.6. The SMILES string of the molecule is CCCCC(C)NC(=O)[C@H](N)c1ccccc1. The molecule has 0 radical (unpaired) electrons. The number of unbranched alkanes of at least 4 members (excludes halogenated alkanes) is 1. The Kier molecular flexibility index (Phi) is 5.70. The molecule has 1 rings (SSSR count). The fraction of sp³-hybridized carbons (Fsp3) is 0.500. The van der Waals surface area contributed by atoms with Gasteiger partial charge >= 0.3 is 0 Å². The molecule has 1 aromatic rings. The first-order valence-electron chi connectivity index (χ1n) is 6.26. The lowest BCUT2D eigenvalue weighted by Crippen LogP contribution is -2.39. The van der Waals surface area contributed by atoms with Gasteiger partial charge in [0, 0.05) is 6.04 Å². The maximum atomic E-state index is 11.9. The van der Waals surface area contributed by atoms with Gasteiger partial charge in [-0.1, -0.05) is 50.1 Å². The molecule has 3 nitrogen and oxygen atoms in total. The van der Waals surface area contributed by atoms with E-state index < -0.39 is 6.04 Å². The lowest BCUT2D eigenvalue weighted by atomic mass is 10.1. The number of hydrogen-bond donors (Lipinski definition) is 2. The van der Waals surface area contributed by atoms with E-state index in [0.29, 0.717) is 0 Å². The summed E-state index contributed by atoms with van der Waals surface area (Å²) in [5, 5.41) is 2.95. The van der Waals surface area contributed by atoms with Gasteiger partial charge in [0.05, 0.1) is 0 Å². The van der Waals surface area contributed by atoms with Crippen LogP contribution in [-0.4, -0.2) is 11.9 Å². The molecule has 1 unspecified atom stereocenters. The molecule has 0 fully saturated rings. The second-order valence-electron chi connectivity index (χ2n) is 4.44. The van der Waals surface area contributed by atoms with Crippen LogP contribution in [0.2, 0.25) is 0 Å². The molecular weight excluding hydrogens is 212 g/mol. The highest BCUT2D eigenvalue weighted by Gasteiger charge is 2.16. The molecule has 0 aliphatic rings. The van der Waals surface area contributed by atoms with Gasteiger partial charge in [0.15, 0.2) is 0 Å². The summed E-state index contributed by atoms with van der Waals surface area (Å²) in [6.07, 6.45) is 3.27. The Labute approximate surface area is 103 Å². The minimum Gasteiger partial charge on any atom is -0.352 e. The topological polar surface area (TPSA) is 55.1 Å². The standard InChI is InChI=1S/C14H22N2O/c1-3-4-8-11(2)16-14(17)13(15)12-9-6-5-7-10-12/h5-7,9-11,13H,3-4,8,15H2,1-2H3,(H,16,17)/t11?,13-/m1/s1. The molecule has 0 spiro atoms. The summed E-state index contributed by atoms with van der Waals surface area (Å²) in [6.45, 7) is 4.16. The van der Waals surface area contributed by atoms with E-state index in [1.54, 1.807) is 0 Å². The molecule has 0 bridgehead atoms. The van der Waals surface area contributed by atoms with Crippen molar-refractivity contribution in [1.82, 2.24) is 5.32 Å². The predicted molar refractivity (Wildman–Crippen MR) is 70.5 cm³/mol. The number of benzene rings is 1. The molecule has 17 heavy (non-hydrogen) atoms. The van der Waals surface area contributed by atoms with Gasteiger partial charge in [-0.25, -0.2) is 0 Å². The number of carbonyl (C=O) groups is 1. The average molecular weight is 234 g/mol. The van der Waals surface area contributed by atoms with Crippen molar-refractivity contribution in [1.29, 1.82) is 0 Å². The number of rotatable bonds is 6. The Morgan fingerprint density at radius 3 is 2.59 bits per heavy atom. The summed E-state index contributed by atoms with van der Waals surface area (Å²) >= 11 is 0. The Morgan fingerprint density at radius 1 is 1.35 bits per heavy atom. The highest BCUT2D eigenvalue weighted by atomic mass is 16.2. The van der Waals surface area contributed by atoms with Gasteiger partial charge in [-0.15, -0.1) is 0 Å². The molecule has 1 aromatic carbocycles. The van der Waals surface area contributed by atoms with Crippen LogP contribution in [0.4, 0.5) is 0 Å². The van der Waals surface area contributed by atoms with Crippen LogP contribution in [0, 0.1) is 0 Å². The van der Waals surface area contributed by atoms with Gasteiger partial charge in [0.25, 0.3) is 0 Å². The molecule has 0 aliphatic heterocycles. The summed E-state index contributed by atoms with van der Waals surface area (Å²) in [6, 6.07) is 9.07. The third-order valence-corrected chi connectivity index (χ3v) is 2.82. The third-order valence-electron chi connectivity index (χ3n) is 2.82. The smallest absolute Gasteiger partial charge is 0.241 e. The number of carbonyl (C=O) groups excluding carboxylic acids is 1. The average Bonchev–Trinajstić information content (AvgIpc) is 2.36. The predicted octanol–water partition coefficient (Wildman–Crippen LogP) is 2.38. The normalized spacial score (nSPS) is 14.1.